The van der Waals surface area contributed by atoms with E-state index in [0.29, 0.717) is 75.4 Å². The minimum atomic E-state index is -0.992. The Bertz CT molecular complexity index is 1390. The Morgan fingerprint density at radius 1 is 0.750 bits per heavy atom. The molecule has 2 aliphatic heterocycles. The van der Waals surface area contributed by atoms with Crippen LogP contribution < -0.4 is 18.9 Å². The summed E-state index contributed by atoms with van der Waals surface area (Å²) in [5, 5.41) is 9.13. The lowest BCUT2D eigenvalue weighted by Crippen LogP contribution is -2.28. The van der Waals surface area contributed by atoms with Gasteiger partial charge < -0.3 is 38.6 Å². The molecule has 1 N–H and O–H groups in total. The highest BCUT2D eigenvalue weighted by Crippen LogP contribution is 2.37. The van der Waals surface area contributed by atoms with Crippen LogP contribution in [0, 0.1) is 5.92 Å². The zero-order valence-corrected chi connectivity index (χ0v) is 25.7. The number of fused-ring (bicyclic) bond motifs is 2. The van der Waals surface area contributed by atoms with Gasteiger partial charge in [0, 0.05) is 45.4 Å². The predicted molar refractivity (Wildman–Crippen MR) is 157 cm³/mol. The number of carboxylic acid groups (broad SMARTS) is 1. The van der Waals surface area contributed by atoms with E-state index in [0.717, 1.165) is 22.3 Å². The number of hydrogen-bond donors (Lipinski definition) is 1. The van der Waals surface area contributed by atoms with Crippen molar-refractivity contribution in [3.63, 3.8) is 0 Å². The van der Waals surface area contributed by atoms with Gasteiger partial charge in [-0.25, -0.2) is 0 Å². The highest BCUT2D eigenvalue weighted by atomic mass is 16.5. The molecule has 0 bridgehead atoms. The molecule has 12 nitrogen and oxygen atoms in total. The van der Waals surface area contributed by atoms with Crippen molar-refractivity contribution >= 4 is 23.8 Å². The number of carboxylic acids is 1. The van der Waals surface area contributed by atoms with Crippen LogP contribution in [0.2, 0.25) is 0 Å². The smallest absolute Gasteiger partial charge is 0.306 e. The third-order valence-electron chi connectivity index (χ3n) is 7.68. The second-order valence-electron chi connectivity index (χ2n) is 10.8. The second-order valence-corrected chi connectivity index (χ2v) is 10.8. The van der Waals surface area contributed by atoms with E-state index >= 15 is 0 Å². The number of rotatable bonds is 15. The van der Waals surface area contributed by atoms with Crippen molar-refractivity contribution in [3.05, 3.63) is 46.5 Å². The minimum absolute atomic E-state index is 0.0493. The molecule has 0 saturated heterocycles. The van der Waals surface area contributed by atoms with Gasteiger partial charge in [0.2, 0.25) is 11.8 Å². The molecular formula is C32H40N2O10. The molecule has 2 aromatic carbocycles. The molecule has 0 aromatic heterocycles. The highest BCUT2D eigenvalue weighted by Gasteiger charge is 2.28. The zero-order chi connectivity index (χ0) is 31.8. The standard InChI is InChI=1S/C32H40N2O10/c1-5-42-31(37)8-7-29(35)33-16-21-12-25(40-3)27(14-23(21)17-33)43-9-6-10-44-28-15-24-19-34(18-22(24)13-26(28)41-4)30(36)11-20(2)32(38)39/h12-15,20H,5-11,16-19H2,1-4H3,(H,38,39). The maximum Gasteiger partial charge on any atom is 0.306 e. The average Bonchev–Trinajstić information content (AvgIpc) is 3.62. The topological polar surface area (TPSA) is 141 Å². The van der Waals surface area contributed by atoms with Gasteiger partial charge in [-0.2, -0.15) is 0 Å². The number of carbonyl (C=O) groups excluding carboxylic acids is 3. The molecule has 0 fully saturated rings. The van der Waals surface area contributed by atoms with Gasteiger partial charge in [0.25, 0.3) is 0 Å². The summed E-state index contributed by atoms with van der Waals surface area (Å²) in [6.45, 7) is 5.91. The summed E-state index contributed by atoms with van der Waals surface area (Å²) in [5.41, 5.74) is 3.82. The summed E-state index contributed by atoms with van der Waals surface area (Å²) >= 11 is 0. The molecule has 0 spiro atoms. The average molecular weight is 613 g/mol. The summed E-state index contributed by atoms with van der Waals surface area (Å²) in [6.07, 6.45) is 0.677. The van der Waals surface area contributed by atoms with Crippen LogP contribution in [-0.4, -0.2) is 72.7 Å². The number of hydrogen-bond acceptors (Lipinski definition) is 9. The first kappa shape index (κ1) is 32.4. The number of nitrogens with zero attached hydrogens (tertiary/aromatic N) is 2. The largest absolute Gasteiger partial charge is 0.493 e. The van der Waals surface area contributed by atoms with E-state index in [9.17, 15) is 19.2 Å². The maximum atomic E-state index is 12.6. The second kappa shape index (κ2) is 14.8. The number of amides is 2. The lowest BCUT2D eigenvalue weighted by molar-refractivity contribution is -0.145. The van der Waals surface area contributed by atoms with Gasteiger partial charge in [0.1, 0.15) is 0 Å². The van der Waals surface area contributed by atoms with Crippen molar-refractivity contribution in [2.24, 2.45) is 5.92 Å². The SMILES string of the molecule is CCOC(=O)CCC(=O)N1Cc2cc(OC)c(OCCCOc3cc4c(cc3OC)CN(C(=O)CC(C)C(=O)O)C4)cc2C1. The van der Waals surface area contributed by atoms with Crippen LogP contribution in [0.25, 0.3) is 0 Å². The van der Waals surface area contributed by atoms with E-state index in [4.69, 9.17) is 28.8 Å². The number of carbonyl (C=O) groups is 4. The molecule has 0 saturated carbocycles. The van der Waals surface area contributed by atoms with Crippen LogP contribution in [0.15, 0.2) is 24.3 Å². The quantitative estimate of drug-likeness (QED) is 0.234. The van der Waals surface area contributed by atoms with E-state index in [-0.39, 0.29) is 37.0 Å². The third-order valence-corrected chi connectivity index (χ3v) is 7.68. The first-order chi connectivity index (χ1) is 21.1. The van der Waals surface area contributed by atoms with Gasteiger partial charge in [-0.3, -0.25) is 19.2 Å². The highest BCUT2D eigenvalue weighted by molar-refractivity contribution is 5.83. The molecule has 1 atom stereocenters. The van der Waals surface area contributed by atoms with Crippen molar-refractivity contribution in [1.29, 1.82) is 0 Å². The molecule has 2 aliphatic rings. The molecule has 12 heteroatoms. The summed E-state index contributed by atoms with van der Waals surface area (Å²) in [5.74, 6) is -0.169. The van der Waals surface area contributed by atoms with E-state index in [2.05, 4.69) is 0 Å². The Balaban J connectivity index is 1.28. The van der Waals surface area contributed by atoms with Crippen LogP contribution >= 0.6 is 0 Å². The molecule has 2 aromatic rings. The Morgan fingerprint density at radius 2 is 1.20 bits per heavy atom. The molecule has 2 heterocycles. The van der Waals surface area contributed by atoms with Crippen LogP contribution in [0.3, 0.4) is 0 Å². The zero-order valence-electron chi connectivity index (χ0n) is 25.7. The summed E-state index contributed by atoms with van der Waals surface area (Å²) in [7, 11) is 3.12. The first-order valence-corrected chi connectivity index (χ1v) is 14.7. The van der Waals surface area contributed by atoms with E-state index < -0.39 is 11.9 Å². The summed E-state index contributed by atoms with van der Waals surface area (Å²) in [4.78, 5) is 51.3. The lowest BCUT2D eigenvalue weighted by atomic mass is 10.1. The van der Waals surface area contributed by atoms with Crippen molar-refractivity contribution in [3.8, 4) is 23.0 Å². The molecule has 44 heavy (non-hydrogen) atoms. The van der Waals surface area contributed by atoms with Gasteiger partial charge in [-0.05, 0) is 53.4 Å². The van der Waals surface area contributed by atoms with Crippen molar-refractivity contribution in [2.45, 2.75) is 65.7 Å². The van der Waals surface area contributed by atoms with Crippen molar-refractivity contribution < 1.29 is 48.0 Å². The van der Waals surface area contributed by atoms with Gasteiger partial charge in [0.05, 0.1) is 46.4 Å². The van der Waals surface area contributed by atoms with Crippen LogP contribution in [0.4, 0.5) is 0 Å². The van der Waals surface area contributed by atoms with Crippen LogP contribution in [0.5, 0.6) is 23.0 Å². The Kier molecular flexibility index (Phi) is 10.9. The lowest BCUT2D eigenvalue weighted by Gasteiger charge is -2.16. The van der Waals surface area contributed by atoms with E-state index in [1.807, 2.05) is 24.3 Å². The molecule has 4 rings (SSSR count). The minimum Gasteiger partial charge on any atom is -0.493 e. The van der Waals surface area contributed by atoms with Gasteiger partial charge in [-0.1, -0.05) is 6.92 Å². The van der Waals surface area contributed by atoms with E-state index in [1.165, 1.54) is 6.92 Å². The molecule has 2 amide bonds. The van der Waals surface area contributed by atoms with Gasteiger partial charge >= 0.3 is 11.9 Å². The monoisotopic (exact) mass is 612 g/mol. The Hall–Kier alpha value is -4.48. The normalized spacial score (nSPS) is 14.0. The maximum absolute atomic E-state index is 12.6. The fraction of sp³-hybridized carbons (Fsp3) is 0.500. The number of methoxy groups -OCH3 is 2. The van der Waals surface area contributed by atoms with Crippen LogP contribution in [0.1, 0.15) is 61.8 Å². The molecule has 238 valence electrons. The number of aliphatic carboxylic acids is 1. The summed E-state index contributed by atoms with van der Waals surface area (Å²) in [6, 6.07) is 7.49. The van der Waals surface area contributed by atoms with Gasteiger partial charge in [-0.15, -0.1) is 0 Å². The fourth-order valence-corrected chi connectivity index (χ4v) is 5.21. The predicted octanol–water partition coefficient (Wildman–Crippen LogP) is 3.69. The fourth-order valence-electron chi connectivity index (χ4n) is 5.21. The number of esters is 1. The van der Waals surface area contributed by atoms with Gasteiger partial charge in [0.15, 0.2) is 23.0 Å². The Labute approximate surface area is 256 Å². The molecular weight excluding hydrogens is 572 g/mol. The summed E-state index contributed by atoms with van der Waals surface area (Å²) < 4.78 is 28.0. The molecule has 0 radical (unpaired) electrons. The number of benzene rings is 2. The first-order valence-electron chi connectivity index (χ1n) is 14.7. The van der Waals surface area contributed by atoms with Crippen molar-refractivity contribution in [2.75, 3.05) is 34.0 Å². The molecule has 1 unspecified atom stereocenters. The van der Waals surface area contributed by atoms with E-state index in [1.54, 1.807) is 30.9 Å². The third kappa shape index (κ3) is 7.91. The van der Waals surface area contributed by atoms with Crippen molar-refractivity contribution in [1.82, 2.24) is 9.80 Å². The van der Waals surface area contributed by atoms with Crippen LogP contribution in [-0.2, 0) is 50.1 Å². The molecule has 0 aliphatic carbocycles. The number of ether oxygens (including phenoxy) is 5. The Morgan fingerprint density at radius 3 is 1.64 bits per heavy atom.